The summed E-state index contributed by atoms with van der Waals surface area (Å²) in [6.45, 7) is 0. The molecule has 0 radical (unpaired) electrons. The maximum absolute atomic E-state index is 12.8. The number of nitrogens with zero attached hydrogens (tertiary/aromatic N) is 1. The summed E-state index contributed by atoms with van der Waals surface area (Å²) in [6, 6.07) is 11.7. The predicted molar refractivity (Wildman–Crippen MR) is 75.4 cm³/mol. The van der Waals surface area contributed by atoms with Gasteiger partial charge in [0.25, 0.3) is 0 Å². The lowest BCUT2D eigenvalue weighted by Gasteiger charge is -2.11. The summed E-state index contributed by atoms with van der Waals surface area (Å²) in [6.07, 6.45) is -4.59. The first-order chi connectivity index (χ1) is 9.40. The molecule has 2 rings (SSSR count). The van der Waals surface area contributed by atoms with E-state index >= 15 is 0 Å². The van der Waals surface area contributed by atoms with E-state index < -0.39 is 17.3 Å². The molecule has 0 aliphatic rings. The molecule has 0 fully saturated rings. The largest absolute Gasteiger partial charge is 0.457 e. The lowest BCUT2D eigenvalue weighted by atomic mass is 10.1. The zero-order chi connectivity index (χ0) is 14.8. The second-order valence-corrected chi connectivity index (χ2v) is 5.12. The summed E-state index contributed by atoms with van der Waals surface area (Å²) in [5, 5.41) is 8.70. The first-order valence-corrected chi connectivity index (χ1v) is 6.53. The van der Waals surface area contributed by atoms with Crippen LogP contribution < -0.4 is 4.74 Å². The highest BCUT2D eigenvalue weighted by atomic mass is 127. The van der Waals surface area contributed by atoms with Crippen molar-refractivity contribution < 1.29 is 17.9 Å². The van der Waals surface area contributed by atoms with Crippen LogP contribution in [0.5, 0.6) is 11.5 Å². The number of halogens is 4. The smallest absolute Gasteiger partial charge is 0.417 e. The quantitative estimate of drug-likeness (QED) is 0.680. The Bertz CT molecular complexity index is 660. The molecule has 0 N–H and O–H groups in total. The van der Waals surface area contributed by atoms with Crippen molar-refractivity contribution >= 4 is 22.6 Å². The molecular weight excluding hydrogens is 382 g/mol. The van der Waals surface area contributed by atoms with Crippen molar-refractivity contribution in [2.45, 2.75) is 6.18 Å². The lowest BCUT2D eigenvalue weighted by molar-refractivity contribution is -0.137. The Balaban J connectivity index is 2.34. The molecule has 0 aliphatic heterocycles. The molecule has 0 unspecified atom stereocenters. The number of ether oxygens (including phenoxy) is 1. The molecule has 0 aliphatic carbocycles. The average molecular weight is 389 g/mol. The summed E-state index contributed by atoms with van der Waals surface area (Å²) in [5.41, 5.74) is -1.42. The van der Waals surface area contributed by atoms with E-state index in [1.165, 1.54) is 12.1 Å². The van der Waals surface area contributed by atoms with Crippen molar-refractivity contribution in [1.29, 1.82) is 5.26 Å². The number of nitriles is 1. The van der Waals surface area contributed by atoms with E-state index in [4.69, 9.17) is 10.00 Å². The Morgan fingerprint density at radius 2 is 1.60 bits per heavy atom. The van der Waals surface area contributed by atoms with Crippen molar-refractivity contribution in [1.82, 2.24) is 0 Å². The van der Waals surface area contributed by atoms with Crippen molar-refractivity contribution in [2.24, 2.45) is 0 Å². The molecule has 0 aromatic heterocycles. The molecule has 0 atom stereocenters. The highest BCUT2D eigenvalue weighted by Gasteiger charge is 2.34. The Morgan fingerprint density at radius 3 is 2.15 bits per heavy atom. The third-order valence-corrected chi connectivity index (χ3v) is 3.19. The summed E-state index contributed by atoms with van der Waals surface area (Å²) >= 11 is 2.11. The molecule has 0 amide bonds. The van der Waals surface area contributed by atoms with Gasteiger partial charge in [-0.15, -0.1) is 0 Å². The van der Waals surface area contributed by atoms with Crippen molar-refractivity contribution in [3.8, 4) is 17.6 Å². The van der Waals surface area contributed by atoms with Crippen LogP contribution in [0.1, 0.15) is 11.1 Å². The number of hydrogen-bond acceptors (Lipinski definition) is 2. The second-order valence-electron chi connectivity index (χ2n) is 3.87. The third kappa shape index (κ3) is 3.42. The first kappa shape index (κ1) is 14.7. The Kier molecular flexibility index (Phi) is 4.18. The normalized spacial score (nSPS) is 10.9. The fourth-order valence-electron chi connectivity index (χ4n) is 1.56. The maximum Gasteiger partial charge on any atom is 0.417 e. The number of hydrogen-bond donors (Lipinski definition) is 0. The van der Waals surface area contributed by atoms with E-state index in [0.29, 0.717) is 5.75 Å². The maximum atomic E-state index is 12.8. The van der Waals surface area contributed by atoms with Crippen LogP contribution in [0.4, 0.5) is 13.2 Å². The molecule has 2 nitrogen and oxygen atoms in total. The SMILES string of the molecule is N#Cc1ccc(Oc2ccc(I)cc2)cc1C(F)(F)F. The van der Waals surface area contributed by atoms with Crippen molar-refractivity contribution in [3.63, 3.8) is 0 Å². The van der Waals surface area contributed by atoms with E-state index in [1.54, 1.807) is 24.3 Å². The van der Waals surface area contributed by atoms with Crippen LogP contribution in [0.3, 0.4) is 0 Å². The summed E-state index contributed by atoms with van der Waals surface area (Å²) < 4.78 is 44.7. The van der Waals surface area contributed by atoms with Gasteiger partial charge in [0.1, 0.15) is 11.5 Å². The molecule has 0 heterocycles. The molecule has 102 valence electrons. The molecule has 2 aromatic rings. The fourth-order valence-corrected chi connectivity index (χ4v) is 1.92. The van der Waals surface area contributed by atoms with Gasteiger partial charge >= 0.3 is 6.18 Å². The van der Waals surface area contributed by atoms with Gasteiger partial charge in [-0.25, -0.2) is 0 Å². The Hall–Kier alpha value is -1.75. The lowest BCUT2D eigenvalue weighted by Crippen LogP contribution is -2.07. The molecule has 0 bridgehead atoms. The molecule has 2 aromatic carbocycles. The molecule has 20 heavy (non-hydrogen) atoms. The number of benzene rings is 2. The van der Waals surface area contributed by atoms with Crippen LogP contribution in [0.15, 0.2) is 42.5 Å². The molecule has 0 spiro atoms. The van der Waals surface area contributed by atoms with Gasteiger partial charge in [-0.3, -0.25) is 0 Å². The van der Waals surface area contributed by atoms with Crippen molar-refractivity contribution in [3.05, 3.63) is 57.2 Å². The van der Waals surface area contributed by atoms with Crippen LogP contribution in [0.25, 0.3) is 0 Å². The monoisotopic (exact) mass is 389 g/mol. The summed E-state index contributed by atoms with van der Waals surface area (Å²) in [4.78, 5) is 0. The van der Waals surface area contributed by atoms with Crippen molar-refractivity contribution in [2.75, 3.05) is 0 Å². The zero-order valence-corrected chi connectivity index (χ0v) is 12.1. The molecule has 0 saturated carbocycles. The van der Waals surface area contributed by atoms with Crippen LogP contribution in [-0.2, 0) is 6.18 Å². The van der Waals surface area contributed by atoms with Gasteiger partial charge in [-0.2, -0.15) is 18.4 Å². The number of rotatable bonds is 2. The molecule has 6 heteroatoms. The van der Waals surface area contributed by atoms with Crippen LogP contribution >= 0.6 is 22.6 Å². The summed E-state index contributed by atoms with van der Waals surface area (Å²) in [7, 11) is 0. The minimum atomic E-state index is -4.59. The highest BCUT2D eigenvalue weighted by molar-refractivity contribution is 14.1. The van der Waals surface area contributed by atoms with Crippen LogP contribution in [0, 0.1) is 14.9 Å². The van der Waals surface area contributed by atoms with Gasteiger partial charge in [0, 0.05) is 3.57 Å². The molecule has 0 saturated heterocycles. The molecular formula is C14H7F3INO. The Morgan fingerprint density at radius 1 is 1.00 bits per heavy atom. The minimum Gasteiger partial charge on any atom is -0.457 e. The van der Waals surface area contributed by atoms with Gasteiger partial charge in [-0.05, 0) is 65.1 Å². The van der Waals surface area contributed by atoms with Crippen LogP contribution in [-0.4, -0.2) is 0 Å². The average Bonchev–Trinajstić information content (AvgIpc) is 2.40. The van der Waals surface area contributed by atoms with Gasteiger partial charge in [0.15, 0.2) is 0 Å². The van der Waals surface area contributed by atoms with E-state index in [0.717, 1.165) is 15.7 Å². The predicted octanol–water partition coefficient (Wildman–Crippen LogP) is 4.97. The van der Waals surface area contributed by atoms with Gasteiger partial charge < -0.3 is 4.74 Å². The topological polar surface area (TPSA) is 33.0 Å². The summed E-state index contributed by atoms with van der Waals surface area (Å²) in [5.74, 6) is 0.473. The standard InChI is InChI=1S/C14H7F3INO/c15-14(16,17)13-7-12(4-1-9(13)8-19)20-11-5-2-10(18)3-6-11/h1-7H. The van der Waals surface area contributed by atoms with E-state index in [-0.39, 0.29) is 5.75 Å². The van der Waals surface area contributed by atoms with Gasteiger partial charge in [-0.1, -0.05) is 0 Å². The Labute approximate surface area is 126 Å². The van der Waals surface area contributed by atoms with Gasteiger partial charge in [0.05, 0.1) is 17.2 Å². The fraction of sp³-hybridized carbons (Fsp3) is 0.0714. The third-order valence-electron chi connectivity index (χ3n) is 2.47. The second kappa shape index (κ2) is 5.71. The van der Waals surface area contributed by atoms with E-state index in [9.17, 15) is 13.2 Å². The highest BCUT2D eigenvalue weighted by Crippen LogP contribution is 2.35. The minimum absolute atomic E-state index is 0.0394. The van der Waals surface area contributed by atoms with E-state index in [2.05, 4.69) is 22.6 Å². The first-order valence-electron chi connectivity index (χ1n) is 5.45. The number of alkyl halides is 3. The zero-order valence-electron chi connectivity index (χ0n) is 9.91. The van der Waals surface area contributed by atoms with Gasteiger partial charge in [0.2, 0.25) is 0 Å². The van der Waals surface area contributed by atoms with Crippen LogP contribution in [0.2, 0.25) is 0 Å². The van der Waals surface area contributed by atoms with E-state index in [1.807, 2.05) is 0 Å².